The first-order valence-corrected chi connectivity index (χ1v) is 11.8. The van der Waals surface area contributed by atoms with Gasteiger partial charge >= 0.3 is 11.9 Å². The summed E-state index contributed by atoms with van der Waals surface area (Å²) in [5.74, 6) is -0.501. The Balaban J connectivity index is 0.000000281. The zero-order chi connectivity index (χ0) is 23.4. The van der Waals surface area contributed by atoms with E-state index in [4.69, 9.17) is 19.9 Å². The summed E-state index contributed by atoms with van der Waals surface area (Å²) in [6.07, 6.45) is 6.04. The first kappa shape index (κ1) is 23.0. The van der Waals surface area contributed by atoms with Crippen molar-refractivity contribution in [2.45, 2.75) is 25.7 Å². The molecular weight excluding hydrogens is 442 g/mol. The monoisotopic (exact) mass is 469 g/mol. The molecule has 0 spiro atoms. The lowest BCUT2D eigenvalue weighted by atomic mass is 9.95. The highest BCUT2D eigenvalue weighted by molar-refractivity contribution is 7.14. The van der Waals surface area contributed by atoms with Gasteiger partial charge in [0, 0.05) is 43.2 Å². The zero-order valence-electron chi connectivity index (χ0n) is 18.5. The van der Waals surface area contributed by atoms with Crippen molar-refractivity contribution in [1.29, 1.82) is 0 Å². The minimum Gasteiger partial charge on any atom is -0.478 e. The molecule has 174 valence electrons. The van der Waals surface area contributed by atoms with Gasteiger partial charge in [-0.1, -0.05) is 12.1 Å². The van der Waals surface area contributed by atoms with Crippen LogP contribution in [-0.4, -0.2) is 71.0 Å². The third-order valence-corrected chi connectivity index (χ3v) is 7.00. The summed E-state index contributed by atoms with van der Waals surface area (Å²) in [6, 6.07) is 8.17. The number of nitrogens with zero attached hydrogens (tertiary/aromatic N) is 3. The van der Waals surface area contributed by atoms with E-state index in [2.05, 4.69) is 22.9 Å². The number of piperazine rings is 1. The maximum atomic E-state index is 9.55. The fourth-order valence-corrected chi connectivity index (χ4v) is 5.38. The lowest BCUT2D eigenvalue weighted by Crippen LogP contribution is -2.47. The molecule has 0 radical (unpaired) electrons. The number of hydrogen-bond donors (Lipinski definition) is 2. The molecule has 1 saturated heterocycles. The number of aryl methyl sites for hydroxylation is 1. The van der Waals surface area contributed by atoms with Gasteiger partial charge in [0.05, 0.1) is 5.56 Å². The van der Waals surface area contributed by atoms with Gasteiger partial charge in [0.25, 0.3) is 0 Å². The van der Waals surface area contributed by atoms with Crippen molar-refractivity contribution < 1.29 is 24.5 Å². The maximum absolute atomic E-state index is 9.55. The Labute approximate surface area is 196 Å². The Morgan fingerprint density at radius 3 is 2.39 bits per heavy atom. The quantitative estimate of drug-likeness (QED) is 0.646. The molecule has 5 rings (SSSR count). The molecule has 2 aromatic rings. The van der Waals surface area contributed by atoms with Crippen LogP contribution in [-0.2, 0) is 22.4 Å². The van der Waals surface area contributed by atoms with Gasteiger partial charge in [-0.3, -0.25) is 0 Å². The Bertz CT molecular complexity index is 1080. The second-order valence-corrected chi connectivity index (χ2v) is 9.25. The molecule has 1 aromatic carbocycles. The number of para-hydroxylation sites is 2. The number of carboxylic acids is 2. The molecule has 1 fully saturated rings. The molecule has 2 N–H and O–H groups in total. The molecule has 8 nitrogen and oxygen atoms in total. The van der Waals surface area contributed by atoms with Crippen LogP contribution in [0.4, 0.5) is 5.69 Å². The average molecular weight is 470 g/mol. The molecular formula is C24H27N3O5S. The van der Waals surface area contributed by atoms with Gasteiger partial charge in [-0.05, 0) is 50.4 Å². The van der Waals surface area contributed by atoms with Crippen molar-refractivity contribution in [2.24, 2.45) is 4.99 Å². The topological polar surface area (TPSA) is 103 Å². The first-order valence-electron chi connectivity index (χ1n) is 11.0. The van der Waals surface area contributed by atoms with E-state index in [0.29, 0.717) is 12.2 Å². The van der Waals surface area contributed by atoms with E-state index in [-0.39, 0.29) is 0 Å². The highest BCUT2D eigenvalue weighted by Gasteiger charge is 2.31. The van der Waals surface area contributed by atoms with E-state index >= 15 is 0 Å². The zero-order valence-corrected chi connectivity index (χ0v) is 19.3. The highest BCUT2D eigenvalue weighted by Crippen LogP contribution is 2.46. The molecule has 1 aromatic heterocycles. The molecule has 3 aliphatic rings. The molecule has 0 atom stereocenters. The number of hydrogen-bond acceptors (Lipinski definition) is 7. The van der Waals surface area contributed by atoms with E-state index in [9.17, 15) is 9.59 Å². The Morgan fingerprint density at radius 2 is 1.70 bits per heavy atom. The number of fused-ring (bicyclic) bond motifs is 4. The minimum atomic E-state index is -1.26. The van der Waals surface area contributed by atoms with Gasteiger partial charge in [-0.25, -0.2) is 14.6 Å². The van der Waals surface area contributed by atoms with Gasteiger partial charge in [-0.2, -0.15) is 0 Å². The fraction of sp³-hybridized carbons (Fsp3) is 0.375. The third kappa shape index (κ3) is 5.43. The van der Waals surface area contributed by atoms with Crippen LogP contribution < -0.4 is 4.74 Å². The molecule has 0 bridgehead atoms. The lowest BCUT2D eigenvalue weighted by molar-refractivity contribution is -0.134. The number of amidine groups is 1. The number of rotatable bonds is 2. The van der Waals surface area contributed by atoms with E-state index in [1.807, 2.05) is 29.5 Å². The maximum Gasteiger partial charge on any atom is 0.328 e. The van der Waals surface area contributed by atoms with Crippen molar-refractivity contribution in [1.82, 2.24) is 9.80 Å². The number of aliphatic carboxylic acids is 2. The number of thiophene rings is 1. The van der Waals surface area contributed by atoms with Crippen LogP contribution in [0, 0.1) is 0 Å². The van der Waals surface area contributed by atoms with Crippen LogP contribution in [0.15, 0.2) is 41.4 Å². The van der Waals surface area contributed by atoms with Crippen molar-refractivity contribution in [3.05, 3.63) is 52.4 Å². The van der Waals surface area contributed by atoms with Crippen molar-refractivity contribution in [2.75, 3.05) is 33.2 Å². The van der Waals surface area contributed by atoms with Crippen LogP contribution in [0.1, 0.15) is 28.8 Å². The molecule has 0 saturated carbocycles. The second-order valence-electron chi connectivity index (χ2n) is 8.18. The van der Waals surface area contributed by atoms with E-state index in [1.54, 1.807) is 0 Å². The third-order valence-electron chi connectivity index (χ3n) is 5.83. The van der Waals surface area contributed by atoms with E-state index in [1.165, 1.54) is 35.3 Å². The molecule has 33 heavy (non-hydrogen) atoms. The van der Waals surface area contributed by atoms with Crippen molar-refractivity contribution >= 4 is 34.8 Å². The molecule has 0 unspecified atom stereocenters. The second kappa shape index (κ2) is 10.2. The summed E-state index contributed by atoms with van der Waals surface area (Å²) in [7, 11) is 2.20. The van der Waals surface area contributed by atoms with Crippen LogP contribution in [0.2, 0.25) is 0 Å². The Hall–Kier alpha value is -3.17. The number of likely N-dealkylation sites (N-methyl/N-ethyl adjacent to an activating group) is 1. The molecule has 2 aliphatic heterocycles. The van der Waals surface area contributed by atoms with Crippen molar-refractivity contribution in [3.8, 4) is 10.8 Å². The largest absolute Gasteiger partial charge is 0.478 e. The standard InChI is InChI=1S/C20H23N3OS.C4H4O4/c1-22-10-12-23(13-11-22)19-18-14-6-2-5-9-17(14)25-20(18)24-16-8-4-3-7-15(16)21-19;5-3(6)1-2-4(7)8/h3-4,7-8H,2,5-6,9-13H2,1H3;1-2H,(H,5,6)(H,7,8). The van der Waals surface area contributed by atoms with Crippen molar-refractivity contribution in [3.63, 3.8) is 0 Å². The number of aliphatic imine (C=N–C) groups is 1. The van der Waals surface area contributed by atoms with Crippen LogP contribution >= 0.6 is 11.3 Å². The normalized spacial score (nSPS) is 17.5. The van der Waals surface area contributed by atoms with Gasteiger partial charge in [-0.15, -0.1) is 11.3 Å². The highest BCUT2D eigenvalue weighted by atomic mass is 32.1. The minimum absolute atomic E-state index is 0.558. The van der Waals surface area contributed by atoms with E-state index < -0.39 is 11.9 Å². The summed E-state index contributed by atoms with van der Waals surface area (Å²) < 4.78 is 6.36. The smallest absolute Gasteiger partial charge is 0.328 e. The summed E-state index contributed by atoms with van der Waals surface area (Å²) in [5, 5.41) is 16.7. The number of ether oxygens (including phenoxy) is 1. The van der Waals surface area contributed by atoms with Crippen LogP contribution in [0.25, 0.3) is 0 Å². The lowest BCUT2D eigenvalue weighted by Gasteiger charge is -2.34. The molecule has 9 heteroatoms. The Morgan fingerprint density at radius 1 is 1.03 bits per heavy atom. The van der Waals surface area contributed by atoms with E-state index in [0.717, 1.165) is 54.9 Å². The summed E-state index contributed by atoms with van der Waals surface area (Å²) in [6.45, 7) is 4.23. The predicted molar refractivity (Wildman–Crippen MR) is 127 cm³/mol. The molecule has 3 heterocycles. The number of carbonyl (C=O) groups is 2. The number of benzene rings is 1. The SMILES string of the molecule is CN1CCN(C2=Nc3ccccc3Oc3sc4c(c32)CCCC4)CC1.O=C(O)C=CC(=O)O. The fourth-order valence-electron chi connectivity index (χ4n) is 4.13. The Kier molecular flexibility index (Phi) is 7.10. The summed E-state index contributed by atoms with van der Waals surface area (Å²) in [4.78, 5) is 30.6. The van der Waals surface area contributed by atoms with Gasteiger partial charge < -0.3 is 24.7 Å². The predicted octanol–water partition coefficient (Wildman–Crippen LogP) is 3.77. The summed E-state index contributed by atoms with van der Waals surface area (Å²) >= 11 is 1.84. The molecule has 0 amide bonds. The average Bonchev–Trinajstić information content (AvgIpc) is 3.07. The number of carboxylic acid groups (broad SMARTS) is 2. The van der Waals surface area contributed by atoms with Gasteiger partial charge in [0.2, 0.25) is 0 Å². The van der Waals surface area contributed by atoms with Gasteiger partial charge in [0.15, 0.2) is 10.8 Å². The first-order chi connectivity index (χ1) is 15.9. The summed E-state index contributed by atoms with van der Waals surface area (Å²) in [5.41, 5.74) is 3.72. The van der Waals surface area contributed by atoms with Crippen LogP contribution in [0.3, 0.4) is 0 Å². The van der Waals surface area contributed by atoms with Gasteiger partial charge in [0.1, 0.15) is 11.5 Å². The molecule has 1 aliphatic carbocycles. The van der Waals surface area contributed by atoms with Crippen LogP contribution in [0.5, 0.6) is 10.8 Å².